The Morgan fingerprint density at radius 2 is 2.07 bits per heavy atom. The molecule has 2 heterocycles. The van der Waals surface area contributed by atoms with Gasteiger partial charge in [0, 0.05) is 17.7 Å². The van der Waals surface area contributed by atoms with Crippen LogP contribution in [0.1, 0.15) is 35.1 Å². The minimum absolute atomic E-state index is 0.0157. The van der Waals surface area contributed by atoms with E-state index in [-0.39, 0.29) is 30.3 Å². The van der Waals surface area contributed by atoms with Gasteiger partial charge in [0.2, 0.25) is 0 Å². The van der Waals surface area contributed by atoms with Crippen LogP contribution in [-0.2, 0) is 11.3 Å². The molecule has 0 atom stereocenters. The second-order valence-electron chi connectivity index (χ2n) is 6.54. The zero-order valence-electron chi connectivity index (χ0n) is 14.8. The van der Waals surface area contributed by atoms with Crippen LogP contribution in [0, 0.1) is 0 Å². The Kier molecular flexibility index (Phi) is 4.75. The van der Waals surface area contributed by atoms with E-state index < -0.39 is 6.09 Å². The molecule has 10 heteroatoms. The monoisotopic (exact) mass is 382 g/mol. The van der Waals surface area contributed by atoms with Crippen LogP contribution in [-0.4, -0.2) is 38.2 Å². The molecule has 1 aromatic carbocycles. The van der Waals surface area contributed by atoms with Gasteiger partial charge in [-0.25, -0.2) is 9.48 Å². The Hall–Kier alpha value is -3.69. The van der Waals surface area contributed by atoms with Crippen molar-refractivity contribution < 1.29 is 18.8 Å². The molecule has 4 rings (SSSR count). The zero-order chi connectivity index (χ0) is 19.5. The molecule has 1 saturated carbocycles. The molecular weight excluding hydrogens is 364 g/mol. The van der Waals surface area contributed by atoms with Gasteiger partial charge in [-0.05, 0) is 12.8 Å². The zero-order valence-corrected chi connectivity index (χ0v) is 14.8. The predicted octanol–water partition coefficient (Wildman–Crippen LogP) is 1.66. The Balaban J connectivity index is 1.28. The number of primary amides is 1. The van der Waals surface area contributed by atoms with Gasteiger partial charge < -0.3 is 20.3 Å². The fourth-order valence-corrected chi connectivity index (χ4v) is 3.00. The molecule has 2 aromatic heterocycles. The van der Waals surface area contributed by atoms with Crippen molar-refractivity contribution in [1.82, 2.24) is 25.5 Å². The van der Waals surface area contributed by atoms with E-state index in [4.69, 9.17) is 10.3 Å². The summed E-state index contributed by atoms with van der Waals surface area (Å²) in [5.74, 6) is 0.272. The molecular formula is C18H18N6O4. The van der Waals surface area contributed by atoms with Gasteiger partial charge in [-0.1, -0.05) is 40.7 Å². The summed E-state index contributed by atoms with van der Waals surface area (Å²) in [6.07, 6.45) is 2.28. The number of carbonyl (C=O) groups is 2. The highest BCUT2D eigenvalue weighted by molar-refractivity contribution is 5.93. The minimum Gasteiger partial charge on any atom is -0.443 e. The average Bonchev–Trinajstić information content (AvgIpc) is 3.33. The standard InChI is InChI=1S/C18H18N6O4/c19-18(26)27-10-13-9-24(23-21-13)14-6-12(7-14)20-17(25)15-8-16(28-22-15)11-4-2-1-3-5-11/h1-5,8-9,12,14H,6-7,10H2,(H2,19,26)(H,20,25)/t12-,14+. The molecule has 28 heavy (non-hydrogen) atoms. The molecule has 0 aliphatic heterocycles. The van der Waals surface area contributed by atoms with Crippen molar-refractivity contribution in [2.45, 2.75) is 31.5 Å². The first-order valence-corrected chi connectivity index (χ1v) is 8.74. The van der Waals surface area contributed by atoms with Crippen molar-refractivity contribution in [3.63, 3.8) is 0 Å². The summed E-state index contributed by atoms with van der Waals surface area (Å²) in [4.78, 5) is 23.0. The van der Waals surface area contributed by atoms with Gasteiger partial charge in [0.15, 0.2) is 11.5 Å². The number of benzene rings is 1. The van der Waals surface area contributed by atoms with Crippen molar-refractivity contribution in [3.05, 3.63) is 54.0 Å². The molecule has 2 amide bonds. The molecule has 144 valence electrons. The largest absolute Gasteiger partial charge is 0.443 e. The number of hydrogen-bond donors (Lipinski definition) is 2. The van der Waals surface area contributed by atoms with E-state index in [9.17, 15) is 9.59 Å². The maximum Gasteiger partial charge on any atom is 0.404 e. The summed E-state index contributed by atoms with van der Waals surface area (Å²) in [5, 5.41) is 14.7. The minimum atomic E-state index is -0.857. The number of ether oxygens (including phenoxy) is 1. The number of nitrogens with zero attached hydrogens (tertiary/aromatic N) is 4. The molecule has 10 nitrogen and oxygen atoms in total. The van der Waals surface area contributed by atoms with E-state index in [1.54, 1.807) is 16.9 Å². The third kappa shape index (κ3) is 3.85. The quantitative estimate of drug-likeness (QED) is 0.661. The normalized spacial score (nSPS) is 18.3. The van der Waals surface area contributed by atoms with E-state index in [1.165, 1.54) is 0 Å². The molecule has 1 fully saturated rings. The highest BCUT2D eigenvalue weighted by Crippen LogP contribution is 2.32. The lowest BCUT2D eigenvalue weighted by molar-refractivity contribution is 0.0878. The summed E-state index contributed by atoms with van der Waals surface area (Å²) in [7, 11) is 0. The number of amides is 2. The van der Waals surface area contributed by atoms with Crippen LogP contribution in [0.15, 0.2) is 47.1 Å². The maximum absolute atomic E-state index is 12.4. The van der Waals surface area contributed by atoms with Gasteiger partial charge in [-0.15, -0.1) is 5.10 Å². The highest BCUT2D eigenvalue weighted by atomic mass is 16.5. The van der Waals surface area contributed by atoms with Gasteiger partial charge in [0.25, 0.3) is 5.91 Å². The van der Waals surface area contributed by atoms with Crippen molar-refractivity contribution in [3.8, 4) is 11.3 Å². The molecule has 0 saturated heterocycles. The first-order chi connectivity index (χ1) is 13.6. The van der Waals surface area contributed by atoms with Gasteiger partial charge in [0.05, 0.1) is 12.2 Å². The molecule has 1 aliphatic carbocycles. The van der Waals surface area contributed by atoms with E-state index in [0.29, 0.717) is 24.3 Å². The molecule has 0 bridgehead atoms. The summed E-state index contributed by atoms with van der Waals surface area (Å²) >= 11 is 0. The summed E-state index contributed by atoms with van der Waals surface area (Å²) in [6.45, 7) is -0.0157. The fourth-order valence-electron chi connectivity index (χ4n) is 3.00. The van der Waals surface area contributed by atoms with Crippen LogP contribution in [0.3, 0.4) is 0 Å². The van der Waals surface area contributed by atoms with E-state index in [1.807, 2.05) is 30.3 Å². The summed E-state index contributed by atoms with van der Waals surface area (Å²) in [5.41, 5.74) is 6.54. The Labute approximate surface area is 159 Å². The van der Waals surface area contributed by atoms with Crippen LogP contribution in [0.5, 0.6) is 0 Å². The van der Waals surface area contributed by atoms with E-state index in [2.05, 4.69) is 25.5 Å². The topological polar surface area (TPSA) is 138 Å². The molecule has 3 aromatic rings. The lowest BCUT2D eigenvalue weighted by Crippen LogP contribution is -2.45. The summed E-state index contributed by atoms with van der Waals surface area (Å²) in [6, 6.07) is 11.2. The maximum atomic E-state index is 12.4. The third-order valence-electron chi connectivity index (χ3n) is 4.54. The van der Waals surface area contributed by atoms with Crippen LogP contribution in [0.4, 0.5) is 4.79 Å². The number of nitrogens with two attached hydrogens (primary N) is 1. The number of aromatic nitrogens is 4. The van der Waals surface area contributed by atoms with Crippen LogP contribution >= 0.6 is 0 Å². The molecule has 0 spiro atoms. The SMILES string of the molecule is NC(=O)OCc1cn([C@H]2C[C@@H](NC(=O)c3cc(-c4ccccc4)on3)C2)nn1. The van der Waals surface area contributed by atoms with Crippen LogP contribution < -0.4 is 11.1 Å². The van der Waals surface area contributed by atoms with Crippen LogP contribution in [0.2, 0.25) is 0 Å². The number of nitrogens with one attached hydrogen (secondary N) is 1. The average molecular weight is 382 g/mol. The highest BCUT2D eigenvalue weighted by Gasteiger charge is 2.33. The van der Waals surface area contributed by atoms with Crippen LogP contribution in [0.25, 0.3) is 11.3 Å². The molecule has 0 radical (unpaired) electrons. The van der Waals surface area contributed by atoms with Crippen molar-refractivity contribution >= 4 is 12.0 Å². The van der Waals surface area contributed by atoms with Gasteiger partial charge in [0.1, 0.15) is 12.3 Å². The Morgan fingerprint density at radius 3 is 2.82 bits per heavy atom. The van der Waals surface area contributed by atoms with Crippen molar-refractivity contribution in [1.29, 1.82) is 0 Å². The third-order valence-corrected chi connectivity index (χ3v) is 4.54. The Morgan fingerprint density at radius 1 is 1.29 bits per heavy atom. The molecule has 0 unspecified atom stereocenters. The second-order valence-corrected chi connectivity index (χ2v) is 6.54. The fraction of sp³-hybridized carbons (Fsp3) is 0.278. The molecule has 3 N–H and O–H groups in total. The lowest BCUT2D eigenvalue weighted by Gasteiger charge is -2.35. The first kappa shape index (κ1) is 17.7. The predicted molar refractivity (Wildman–Crippen MR) is 95.9 cm³/mol. The first-order valence-electron chi connectivity index (χ1n) is 8.74. The van der Waals surface area contributed by atoms with Gasteiger partial charge in [-0.2, -0.15) is 0 Å². The van der Waals surface area contributed by atoms with E-state index in [0.717, 1.165) is 5.56 Å². The Bertz CT molecular complexity index is 977. The number of hydrogen-bond acceptors (Lipinski definition) is 7. The van der Waals surface area contributed by atoms with Gasteiger partial charge >= 0.3 is 6.09 Å². The number of rotatable bonds is 6. The van der Waals surface area contributed by atoms with Crippen molar-refractivity contribution in [2.75, 3.05) is 0 Å². The lowest BCUT2D eigenvalue weighted by atomic mass is 9.87. The summed E-state index contributed by atoms with van der Waals surface area (Å²) < 4.78 is 11.6. The van der Waals surface area contributed by atoms with Gasteiger partial charge in [-0.3, -0.25) is 4.79 Å². The second kappa shape index (κ2) is 7.51. The van der Waals surface area contributed by atoms with Crippen molar-refractivity contribution in [2.24, 2.45) is 5.73 Å². The smallest absolute Gasteiger partial charge is 0.404 e. The number of carbonyl (C=O) groups excluding carboxylic acids is 2. The molecule has 1 aliphatic rings. The van der Waals surface area contributed by atoms with E-state index >= 15 is 0 Å².